The van der Waals surface area contributed by atoms with E-state index in [1.165, 1.54) is 0 Å². The molecule has 0 unspecified atom stereocenters. The van der Waals surface area contributed by atoms with E-state index in [1.54, 1.807) is 34.3 Å². The summed E-state index contributed by atoms with van der Waals surface area (Å²) >= 11 is 0. The molecular weight excluding hydrogens is 308 g/mol. The standard InChI is InChI=1S/C16H18N6O2/c23-12-21-6-8-22(9-7-21)16(24)14-3-4-15(20-19-14)18-11-13-2-1-5-17-10-13/h1-5,10,12H,6-9,11H2,(H,18,20). The van der Waals surface area contributed by atoms with Crippen molar-refractivity contribution in [2.24, 2.45) is 0 Å². The Morgan fingerprint density at radius 3 is 2.62 bits per heavy atom. The molecule has 3 heterocycles. The first-order valence-corrected chi connectivity index (χ1v) is 7.71. The van der Waals surface area contributed by atoms with Crippen LogP contribution in [0.1, 0.15) is 16.1 Å². The predicted octanol–water partition coefficient (Wildman–Crippen LogP) is 0.398. The van der Waals surface area contributed by atoms with E-state index in [4.69, 9.17) is 0 Å². The van der Waals surface area contributed by atoms with Crippen molar-refractivity contribution in [2.75, 3.05) is 31.5 Å². The number of piperazine rings is 1. The van der Waals surface area contributed by atoms with Crippen molar-refractivity contribution in [1.82, 2.24) is 25.0 Å². The fraction of sp³-hybridized carbons (Fsp3) is 0.312. The van der Waals surface area contributed by atoms with Gasteiger partial charge < -0.3 is 15.1 Å². The molecule has 8 nitrogen and oxygen atoms in total. The maximum Gasteiger partial charge on any atom is 0.274 e. The van der Waals surface area contributed by atoms with Gasteiger partial charge in [-0.2, -0.15) is 0 Å². The molecule has 0 atom stereocenters. The number of carbonyl (C=O) groups is 2. The van der Waals surface area contributed by atoms with Gasteiger partial charge in [0, 0.05) is 45.1 Å². The lowest BCUT2D eigenvalue weighted by Gasteiger charge is -2.32. The van der Waals surface area contributed by atoms with E-state index in [0.717, 1.165) is 12.0 Å². The van der Waals surface area contributed by atoms with Gasteiger partial charge in [-0.05, 0) is 23.8 Å². The molecule has 124 valence electrons. The lowest BCUT2D eigenvalue weighted by Crippen LogP contribution is -2.48. The van der Waals surface area contributed by atoms with Gasteiger partial charge in [0.1, 0.15) is 5.82 Å². The second-order valence-corrected chi connectivity index (χ2v) is 5.45. The van der Waals surface area contributed by atoms with Crippen LogP contribution < -0.4 is 5.32 Å². The zero-order valence-electron chi connectivity index (χ0n) is 13.1. The number of nitrogens with one attached hydrogen (secondary N) is 1. The van der Waals surface area contributed by atoms with E-state index in [0.29, 0.717) is 44.2 Å². The van der Waals surface area contributed by atoms with Crippen molar-refractivity contribution in [1.29, 1.82) is 0 Å². The highest BCUT2D eigenvalue weighted by atomic mass is 16.2. The van der Waals surface area contributed by atoms with E-state index in [9.17, 15) is 9.59 Å². The molecule has 0 saturated carbocycles. The lowest BCUT2D eigenvalue weighted by molar-refractivity contribution is -0.119. The Bertz CT molecular complexity index is 683. The molecule has 1 fully saturated rings. The molecular formula is C16H18N6O2. The maximum atomic E-state index is 12.4. The summed E-state index contributed by atoms with van der Waals surface area (Å²) < 4.78 is 0. The molecule has 0 spiro atoms. The normalized spacial score (nSPS) is 14.3. The van der Waals surface area contributed by atoms with Gasteiger partial charge in [0.15, 0.2) is 5.69 Å². The van der Waals surface area contributed by atoms with E-state index < -0.39 is 0 Å². The van der Waals surface area contributed by atoms with Crippen LogP contribution in [0.15, 0.2) is 36.7 Å². The molecule has 8 heteroatoms. The van der Waals surface area contributed by atoms with E-state index in [-0.39, 0.29) is 5.91 Å². The molecule has 2 amide bonds. The van der Waals surface area contributed by atoms with Crippen LogP contribution >= 0.6 is 0 Å². The summed E-state index contributed by atoms with van der Waals surface area (Å²) in [7, 11) is 0. The van der Waals surface area contributed by atoms with Crippen molar-refractivity contribution in [2.45, 2.75) is 6.54 Å². The van der Waals surface area contributed by atoms with Crippen molar-refractivity contribution >= 4 is 18.1 Å². The molecule has 0 aromatic carbocycles. The molecule has 1 N–H and O–H groups in total. The van der Waals surface area contributed by atoms with Gasteiger partial charge in [0.2, 0.25) is 6.41 Å². The largest absolute Gasteiger partial charge is 0.364 e. The van der Waals surface area contributed by atoms with Crippen LogP contribution in [-0.4, -0.2) is 63.5 Å². The van der Waals surface area contributed by atoms with Crippen LogP contribution in [0, 0.1) is 0 Å². The van der Waals surface area contributed by atoms with Gasteiger partial charge in [-0.1, -0.05) is 6.07 Å². The third kappa shape index (κ3) is 3.83. The minimum absolute atomic E-state index is 0.160. The number of pyridine rings is 1. The third-order valence-corrected chi connectivity index (χ3v) is 3.83. The number of aromatic nitrogens is 3. The van der Waals surface area contributed by atoms with Crippen molar-refractivity contribution in [3.8, 4) is 0 Å². The second kappa shape index (κ2) is 7.49. The molecule has 2 aromatic heterocycles. The number of carbonyl (C=O) groups excluding carboxylic acids is 2. The average molecular weight is 326 g/mol. The summed E-state index contributed by atoms with van der Waals surface area (Å²) in [4.78, 5) is 30.5. The maximum absolute atomic E-state index is 12.4. The number of hydrogen-bond donors (Lipinski definition) is 1. The molecule has 0 aliphatic carbocycles. The Kier molecular flexibility index (Phi) is 4.95. The highest BCUT2D eigenvalue weighted by molar-refractivity contribution is 5.92. The van der Waals surface area contributed by atoms with Crippen LogP contribution in [0.25, 0.3) is 0 Å². The first kappa shape index (κ1) is 15.9. The first-order valence-electron chi connectivity index (χ1n) is 7.71. The van der Waals surface area contributed by atoms with Gasteiger partial charge in [0.25, 0.3) is 5.91 Å². The Balaban J connectivity index is 1.56. The quantitative estimate of drug-likeness (QED) is 0.800. The monoisotopic (exact) mass is 326 g/mol. The summed E-state index contributed by atoms with van der Waals surface area (Å²) in [5, 5.41) is 11.2. The van der Waals surface area contributed by atoms with Crippen LogP contribution in [0.4, 0.5) is 5.82 Å². The number of amides is 2. The predicted molar refractivity (Wildman–Crippen MR) is 87.1 cm³/mol. The highest BCUT2D eigenvalue weighted by Gasteiger charge is 2.22. The van der Waals surface area contributed by atoms with E-state index >= 15 is 0 Å². The zero-order chi connectivity index (χ0) is 16.8. The van der Waals surface area contributed by atoms with Gasteiger partial charge >= 0.3 is 0 Å². The van der Waals surface area contributed by atoms with Gasteiger partial charge in [-0.25, -0.2) is 0 Å². The van der Waals surface area contributed by atoms with Crippen LogP contribution in [0.3, 0.4) is 0 Å². The van der Waals surface area contributed by atoms with Crippen LogP contribution in [0.2, 0.25) is 0 Å². The van der Waals surface area contributed by atoms with Crippen molar-refractivity contribution in [3.05, 3.63) is 47.9 Å². The number of rotatable bonds is 5. The Morgan fingerprint density at radius 2 is 2.00 bits per heavy atom. The SMILES string of the molecule is O=CN1CCN(C(=O)c2ccc(NCc3cccnc3)nn2)CC1. The fourth-order valence-electron chi connectivity index (χ4n) is 2.43. The summed E-state index contributed by atoms with van der Waals surface area (Å²) in [6, 6.07) is 7.23. The Morgan fingerprint density at radius 1 is 1.17 bits per heavy atom. The summed E-state index contributed by atoms with van der Waals surface area (Å²) in [6.07, 6.45) is 4.31. The topological polar surface area (TPSA) is 91.3 Å². The lowest BCUT2D eigenvalue weighted by atomic mass is 10.2. The highest BCUT2D eigenvalue weighted by Crippen LogP contribution is 2.09. The number of hydrogen-bond acceptors (Lipinski definition) is 6. The summed E-state index contributed by atoms with van der Waals surface area (Å²) in [5.41, 5.74) is 1.34. The van der Waals surface area contributed by atoms with Gasteiger partial charge in [-0.3, -0.25) is 14.6 Å². The summed E-state index contributed by atoms with van der Waals surface area (Å²) in [5.74, 6) is 0.438. The minimum atomic E-state index is -0.160. The smallest absolute Gasteiger partial charge is 0.274 e. The molecule has 1 saturated heterocycles. The molecule has 0 bridgehead atoms. The molecule has 0 radical (unpaired) electrons. The number of anilines is 1. The van der Waals surface area contributed by atoms with Crippen LogP contribution in [0.5, 0.6) is 0 Å². The molecule has 1 aliphatic heterocycles. The van der Waals surface area contributed by atoms with Gasteiger partial charge in [0.05, 0.1) is 0 Å². The minimum Gasteiger partial charge on any atom is -0.364 e. The Labute approximate surface area is 139 Å². The van der Waals surface area contributed by atoms with E-state index in [1.807, 2.05) is 12.1 Å². The average Bonchev–Trinajstić information content (AvgIpc) is 2.67. The molecule has 1 aliphatic rings. The zero-order valence-corrected chi connectivity index (χ0v) is 13.1. The molecule has 2 aromatic rings. The molecule has 3 rings (SSSR count). The van der Waals surface area contributed by atoms with Crippen LogP contribution in [-0.2, 0) is 11.3 Å². The Hall–Kier alpha value is -3.03. The number of nitrogens with zero attached hydrogens (tertiary/aromatic N) is 5. The molecule has 24 heavy (non-hydrogen) atoms. The second-order valence-electron chi connectivity index (χ2n) is 5.45. The fourth-order valence-corrected chi connectivity index (χ4v) is 2.43. The first-order chi connectivity index (χ1) is 11.8. The van der Waals surface area contributed by atoms with Crippen molar-refractivity contribution in [3.63, 3.8) is 0 Å². The van der Waals surface area contributed by atoms with Gasteiger partial charge in [-0.15, -0.1) is 10.2 Å². The third-order valence-electron chi connectivity index (χ3n) is 3.83. The summed E-state index contributed by atoms with van der Waals surface area (Å²) in [6.45, 7) is 2.71. The van der Waals surface area contributed by atoms with E-state index in [2.05, 4.69) is 20.5 Å². The van der Waals surface area contributed by atoms with Crippen molar-refractivity contribution < 1.29 is 9.59 Å².